The second-order valence-electron chi connectivity index (χ2n) is 3.89. The third-order valence-corrected chi connectivity index (χ3v) is 2.54. The number of hydrogen-bond acceptors (Lipinski definition) is 4. The number of rotatable bonds is 4. The molecule has 0 aromatic rings. The van der Waals surface area contributed by atoms with Crippen molar-refractivity contribution in [2.45, 2.75) is 25.3 Å². The highest BCUT2D eigenvalue weighted by molar-refractivity contribution is 5.81. The van der Waals surface area contributed by atoms with E-state index in [1.807, 2.05) is 7.05 Å². The molecular weight excluding hydrogens is 196 g/mol. The van der Waals surface area contributed by atoms with Crippen LogP contribution in [0.5, 0.6) is 0 Å². The van der Waals surface area contributed by atoms with Gasteiger partial charge in [0.15, 0.2) is 0 Å². The molecule has 1 rings (SSSR count). The van der Waals surface area contributed by atoms with E-state index in [4.69, 9.17) is 0 Å². The van der Waals surface area contributed by atoms with Gasteiger partial charge >= 0.3 is 5.97 Å². The molecule has 0 spiro atoms. The SMILES string of the molecule is COC(=O)CCC(=O)NC1CCN(C)C1. The van der Waals surface area contributed by atoms with E-state index in [0.29, 0.717) is 0 Å². The van der Waals surface area contributed by atoms with E-state index in [9.17, 15) is 9.59 Å². The van der Waals surface area contributed by atoms with E-state index in [0.717, 1.165) is 19.5 Å². The highest BCUT2D eigenvalue weighted by Crippen LogP contribution is 2.06. The van der Waals surface area contributed by atoms with E-state index in [-0.39, 0.29) is 30.8 Å². The van der Waals surface area contributed by atoms with E-state index in [2.05, 4.69) is 15.0 Å². The molecule has 0 saturated carbocycles. The molecule has 1 fully saturated rings. The summed E-state index contributed by atoms with van der Waals surface area (Å²) < 4.78 is 4.46. The zero-order chi connectivity index (χ0) is 11.3. The molecule has 0 bridgehead atoms. The van der Waals surface area contributed by atoms with E-state index in [1.54, 1.807) is 0 Å². The Balaban J connectivity index is 2.16. The minimum atomic E-state index is -0.339. The lowest BCUT2D eigenvalue weighted by molar-refractivity contribution is -0.142. The van der Waals surface area contributed by atoms with E-state index < -0.39 is 0 Å². The van der Waals surface area contributed by atoms with Gasteiger partial charge in [-0.15, -0.1) is 0 Å². The molecule has 0 radical (unpaired) electrons. The summed E-state index contributed by atoms with van der Waals surface area (Å²) in [4.78, 5) is 24.4. The molecule has 0 aromatic heterocycles. The third kappa shape index (κ3) is 4.29. The summed E-state index contributed by atoms with van der Waals surface area (Å²) in [5.74, 6) is -0.408. The van der Waals surface area contributed by atoms with Gasteiger partial charge in [0.2, 0.25) is 5.91 Å². The Morgan fingerprint density at radius 1 is 1.47 bits per heavy atom. The summed E-state index contributed by atoms with van der Waals surface area (Å²) >= 11 is 0. The lowest BCUT2D eigenvalue weighted by atomic mass is 10.2. The van der Waals surface area contributed by atoms with Gasteiger partial charge in [-0.1, -0.05) is 0 Å². The number of esters is 1. The van der Waals surface area contributed by atoms with Crippen molar-refractivity contribution in [3.05, 3.63) is 0 Å². The largest absolute Gasteiger partial charge is 0.469 e. The molecular formula is C10H18N2O3. The number of likely N-dealkylation sites (N-methyl/N-ethyl adjacent to an activating group) is 1. The maximum Gasteiger partial charge on any atom is 0.306 e. The lowest BCUT2D eigenvalue weighted by Gasteiger charge is -2.12. The second-order valence-corrected chi connectivity index (χ2v) is 3.89. The van der Waals surface area contributed by atoms with Crippen LogP contribution < -0.4 is 5.32 Å². The Bertz CT molecular complexity index is 243. The molecule has 86 valence electrons. The molecule has 1 heterocycles. The normalized spacial score (nSPS) is 21.3. The fourth-order valence-corrected chi connectivity index (χ4v) is 1.67. The summed E-state index contributed by atoms with van der Waals surface area (Å²) in [5, 5.41) is 2.90. The Hall–Kier alpha value is -1.10. The zero-order valence-corrected chi connectivity index (χ0v) is 9.28. The second kappa shape index (κ2) is 5.70. The Kier molecular flexibility index (Phi) is 4.55. The van der Waals surface area contributed by atoms with Gasteiger partial charge in [0.25, 0.3) is 0 Å². The van der Waals surface area contributed by atoms with Crippen LogP contribution >= 0.6 is 0 Å². The van der Waals surface area contributed by atoms with Gasteiger partial charge < -0.3 is 15.0 Å². The topological polar surface area (TPSA) is 58.6 Å². The van der Waals surface area contributed by atoms with Gasteiger partial charge in [-0.3, -0.25) is 9.59 Å². The number of nitrogens with zero attached hydrogens (tertiary/aromatic N) is 1. The van der Waals surface area contributed by atoms with Gasteiger partial charge in [0.05, 0.1) is 13.5 Å². The first kappa shape index (κ1) is 12.0. The van der Waals surface area contributed by atoms with Crippen LogP contribution in [0.3, 0.4) is 0 Å². The van der Waals surface area contributed by atoms with Crippen molar-refractivity contribution in [3.63, 3.8) is 0 Å². The number of methoxy groups -OCH3 is 1. The average molecular weight is 214 g/mol. The Morgan fingerprint density at radius 2 is 2.20 bits per heavy atom. The zero-order valence-electron chi connectivity index (χ0n) is 9.28. The summed E-state index contributed by atoms with van der Waals surface area (Å²) in [6.07, 6.45) is 1.36. The fourth-order valence-electron chi connectivity index (χ4n) is 1.67. The standard InChI is InChI=1S/C10H18N2O3/c1-12-6-5-8(7-12)11-9(13)3-4-10(14)15-2/h8H,3-7H2,1-2H3,(H,11,13). The van der Waals surface area contributed by atoms with Crippen molar-refractivity contribution in [1.82, 2.24) is 10.2 Å². The van der Waals surface area contributed by atoms with Crippen LogP contribution in [0.2, 0.25) is 0 Å². The van der Waals surface area contributed by atoms with Crippen LogP contribution in [-0.4, -0.2) is 50.1 Å². The molecule has 1 unspecified atom stereocenters. The molecule has 1 saturated heterocycles. The van der Waals surface area contributed by atoms with E-state index >= 15 is 0 Å². The molecule has 0 aliphatic carbocycles. The van der Waals surface area contributed by atoms with Crippen molar-refractivity contribution in [2.75, 3.05) is 27.2 Å². The van der Waals surface area contributed by atoms with Crippen molar-refractivity contribution >= 4 is 11.9 Å². The third-order valence-electron chi connectivity index (χ3n) is 2.54. The molecule has 5 heteroatoms. The highest BCUT2D eigenvalue weighted by Gasteiger charge is 2.20. The molecule has 1 amide bonds. The first-order valence-electron chi connectivity index (χ1n) is 5.16. The van der Waals surface area contributed by atoms with Crippen LogP contribution in [0, 0.1) is 0 Å². The van der Waals surface area contributed by atoms with Gasteiger partial charge in [-0.2, -0.15) is 0 Å². The number of hydrogen-bond donors (Lipinski definition) is 1. The number of carbonyl (C=O) groups is 2. The van der Waals surface area contributed by atoms with Crippen LogP contribution in [0.1, 0.15) is 19.3 Å². The predicted molar refractivity (Wildman–Crippen MR) is 55.3 cm³/mol. The minimum absolute atomic E-state index is 0.0688. The maximum atomic E-state index is 11.4. The molecule has 15 heavy (non-hydrogen) atoms. The van der Waals surface area contributed by atoms with Crippen molar-refractivity contribution in [3.8, 4) is 0 Å². The van der Waals surface area contributed by atoms with Crippen LogP contribution in [0.25, 0.3) is 0 Å². The number of carbonyl (C=O) groups excluding carboxylic acids is 2. The van der Waals surface area contributed by atoms with E-state index in [1.165, 1.54) is 7.11 Å². The van der Waals surface area contributed by atoms with Crippen molar-refractivity contribution in [2.24, 2.45) is 0 Å². The molecule has 1 atom stereocenters. The Morgan fingerprint density at radius 3 is 2.73 bits per heavy atom. The minimum Gasteiger partial charge on any atom is -0.469 e. The first-order valence-corrected chi connectivity index (χ1v) is 5.16. The van der Waals surface area contributed by atoms with Crippen molar-refractivity contribution < 1.29 is 14.3 Å². The molecule has 0 aromatic carbocycles. The molecule has 5 nitrogen and oxygen atoms in total. The molecule has 1 aliphatic heterocycles. The first-order chi connectivity index (χ1) is 7.11. The number of nitrogens with one attached hydrogen (secondary N) is 1. The van der Waals surface area contributed by atoms with Crippen LogP contribution in [0.4, 0.5) is 0 Å². The number of ether oxygens (including phenoxy) is 1. The number of likely N-dealkylation sites (tertiary alicyclic amines) is 1. The summed E-state index contributed by atoms with van der Waals surface area (Å²) in [5.41, 5.74) is 0. The van der Waals surface area contributed by atoms with Gasteiger partial charge in [0.1, 0.15) is 0 Å². The van der Waals surface area contributed by atoms with Gasteiger partial charge in [-0.05, 0) is 20.0 Å². The van der Waals surface area contributed by atoms with Crippen LogP contribution in [0.15, 0.2) is 0 Å². The Labute approximate surface area is 89.8 Å². The van der Waals surface area contributed by atoms with Crippen LogP contribution in [-0.2, 0) is 14.3 Å². The maximum absolute atomic E-state index is 11.4. The van der Waals surface area contributed by atoms with Crippen molar-refractivity contribution in [1.29, 1.82) is 0 Å². The average Bonchev–Trinajstić information content (AvgIpc) is 2.60. The summed E-state index contributed by atoms with van der Waals surface area (Å²) in [6, 6.07) is 0.236. The molecule has 1 aliphatic rings. The van der Waals surface area contributed by atoms with Gasteiger partial charge in [0, 0.05) is 19.0 Å². The predicted octanol–water partition coefficient (Wildman–Crippen LogP) is -0.240. The summed E-state index contributed by atoms with van der Waals surface area (Å²) in [6.45, 7) is 1.91. The lowest BCUT2D eigenvalue weighted by Crippen LogP contribution is -2.36. The van der Waals surface area contributed by atoms with Gasteiger partial charge in [-0.25, -0.2) is 0 Å². The summed E-state index contributed by atoms with van der Waals surface area (Å²) in [7, 11) is 3.35. The number of amides is 1. The molecule has 1 N–H and O–H groups in total. The fraction of sp³-hybridized carbons (Fsp3) is 0.800. The smallest absolute Gasteiger partial charge is 0.306 e. The quantitative estimate of drug-likeness (QED) is 0.656. The monoisotopic (exact) mass is 214 g/mol. The highest BCUT2D eigenvalue weighted by atomic mass is 16.5.